The molecule has 0 bridgehead atoms. The van der Waals surface area contributed by atoms with Gasteiger partial charge in [-0.05, 0) is 46.1 Å². The van der Waals surface area contributed by atoms with Crippen LogP contribution in [0.25, 0.3) is 0 Å². The van der Waals surface area contributed by atoms with Gasteiger partial charge in [0.1, 0.15) is 18.1 Å². The van der Waals surface area contributed by atoms with Crippen molar-refractivity contribution >= 4 is 23.6 Å². The molecular weight excluding hydrogens is 438 g/mol. The topological polar surface area (TPSA) is 157 Å². The number of carbonyl (C=O) groups excluding carboxylic acids is 4. The highest BCUT2D eigenvalue weighted by molar-refractivity contribution is 5.94. The van der Waals surface area contributed by atoms with E-state index in [1.807, 2.05) is 51.1 Å². The number of hydrogen-bond acceptors (Lipinski definition) is 6. The van der Waals surface area contributed by atoms with Gasteiger partial charge in [-0.25, -0.2) is 0 Å². The molecule has 10 nitrogen and oxygen atoms in total. The van der Waals surface area contributed by atoms with Crippen LogP contribution in [0.15, 0.2) is 30.3 Å². The SMILES string of the molecule is C[C@@H](OC(C)(C)C)[C@H](N)C(=O)N[C@@H](Cc1ccccc1)C(=O)N1CCC[C@H]1C(=O)NCC(N)=O. The molecule has 0 saturated carbocycles. The zero-order chi connectivity index (χ0) is 25.5. The van der Waals surface area contributed by atoms with Crippen LogP contribution in [0, 0.1) is 0 Å². The molecule has 4 amide bonds. The first kappa shape index (κ1) is 27.3. The average Bonchev–Trinajstić information content (AvgIpc) is 3.25. The monoisotopic (exact) mass is 475 g/mol. The number of nitrogens with two attached hydrogens (primary N) is 2. The Bertz CT molecular complexity index is 870. The first-order valence-corrected chi connectivity index (χ1v) is 11.5. The van der Waals surface area contributed by atoms with Crippen molar-refractivity contribution in [3.63, 3.8) is 0 Å². The van der Waals surface area contributed by atoms with Crippen molar-refractivity contribution in [2.75, 3.05) is 13.1 Å². The van der Waals surface area contributed by atoms with E-state index in [1.54, 1.807) is 6.92 Å². The summed E-state index contributed by atoms with van der Waals surface area (Å²) in [6, 6.07) is 6.63. The standard InChI is InChI=1S/C24H37N5O5/c1-15(34-24(2,3)4)20(26)22(32)28-17(13-16-9-6-5-7-10-16)23(33)29-12-8-11-18(29)21(31)27-14-19(25)30/h5-7,9-10,15,17-18,20H,8,11-14,26H2,1-4H3,(H2,25,30)(H,27,31)(H,28,32)/t15-,17+,18+,20+/m1/s1. The number of rotatable bonds is 10. The normalized spacial score (nSPS) is 18.6. The molecule has 4 atom stereocenters. The van der Waals surface area contributed by atoms with E-state index in [2.05, 4.69) is 10.6 Å². The molecule has 34 heavy (non-hydrogen) atoms. The molecule has 1 aliphatic heterocycles. The van der Waals surface area contributed by atoms with Crippen LogP contribution < -0.4 is 22.1 Å². The predicted octanol–water partition coefficient (Wildman–Crippen LogP) is -0.163. The molecule has 1 aromatic rings. The minimum atomic E-state index is -0.987. The van der Waals surface area contributed by atoms with Gasteiger partial charge >= 0.3 is 0 Å². The molecular formula is C24H37N5O5. The minimum absolute atomic E-state index is 0.235. The van der Waals surface area contributed by atoms with Gasteiger partial charge in [0.05, 0.1) is 18.2 Å². The van der Waals surface area contributed by atoms with E-state index < -0.39 is 47.6 Å². The summed E-state index contributed by atoms with van der Waals surface area (Å²) in [5.74, 6) is -2.01. The van der Waals surface area contributed by atoms with E-state index >= 15 is 0 Å². The van der Waals surface area contributed by atoms with Crippen LogP contribution in [-0.2, 0) is 30.3 Å². The fourth-order valence-electron chi connectivity index (χ4n) is 3.96. The maximum atomic E-state index is 13.5. The van der Waals surface area contributed by atoms with Crippen molar-refractivity contribution < 1.29 is 23.9 Å². The van der Waals surface area contributed by atoms with Gasteiger partial charge in [0.25, 0.3) is 0 Å². The van der Waals surface area contributed by atoms with E-state index in [-0.39, 0.29) is 18.9 Å². The van der Waals surface area contributed by atoms with Gasteiger partial charge in [-0.15, -0.1) is 0 Å². The number of nitrogens with one attached hydrogen (secondary N) is 2. The number of benzene rings is 1. The second-order valence-electron chi connectivity index (χ2n) is 9.59. The van der Waals surface area contributed by atoms with Crippen LogP contribution in [0.4, 0.5) is 0 Å². The zero-order valence-corrected chi connectivity index (χ0v) is 20.4. The molecule has 10 heteroatoms. The Kier molecular flexibility index (Phi) is 9.57. The van der Waals surface area contributed by atoms with Crippen molar-refractivity contribution in [3.05, 3.63) is 35.9 Å². The lowest BCUT2D eigenvalue weighted by molar-refractivity contribution is -0.142. The highest BCUT2D eigenvalue weighted by Gasteiger charge is 2.38. The molecule has 0 unspecified atom stereocenters. The van der Waals surface area contributed by atoms with Crippen molar-refractivity contribution in [2.45, 2.75) is 76.8 Å². The Morgan fingerprint density at radius 3 is 2.41 bits per heavy atom. The van der Waals surface area contributed by atoms with Gasteiger partial charge in [0, 0.05) is 13.0 Å². The summed E-state index contributed by atoms with van der Waals surface area (Å²) >= 11 is 0. The van der Waals surface area contributed by atoms with Crippen molar-refractivity contribution in [1.82, 2.24) is 15.5 Å². The van der Waals surface area contributed by atoms with Crippen LogP contribution in [0.3, 0.4) is 0 Å². The van der Waals surface area contributed by atoms with Gasteiger partial charge in [-0.2, -0.15) is 0 Å². The Labute approximate surface area is 200 Å². The van der Waals surface area contributed by atoms with Gasteiger partial charge in [0.15, 0.2) is 0 Å². The molecule has 0 aromatic heterocycles. The van der Waals surface area contributed by atoms with Crippen molar-refractivity contribution in [2.24, 2.45) is 11.5 Å². The number of likely N-dealkylation sites (tertiary alicyclic amines) is 1. The van der Waals surface area contributed by atoms with Crippen LogP contribution in [-0.4, -0.2) is 71.4 Å². The number of ether oxygens (including phenoxy) is 1. The summed E-state index contributed by atoms with van der Waals surface area (Å²) in [6.07, 6.45) is 0.742. The third kappa shape index (κ3) is 8.11. The Balaban J connectivity index is 2.19. The molecule has 0 radical (unpaired) electrons. The van der Waals surface area contributed by atoms with E-state index in [9.17, 15) is 19.2 Å². The Morgan fingerprint density at radius 2 is 1.82 bits per heavy atom. The molecule has 1 heterocycles. The average molecular weight is 476 g/mol. The largest absolute Gasteiger partial charge is 0.371 e. The van der Waals surface area contributed by atoms with Crippen molar-refractivity contribution in [1.29, 1.82) is 0 Å². The Morgan fingerprint density at radius 1 is 1.18 bits per heavy atom. The van der Waals surface area contributed by atoms with Crippen LogP contribution in [0.1, 0.15) is 46.1 Å². The second kappa shape index (κ2) is 11.9. The summed E-state index contributed by atoms with van der Waals surface area (Å²) in [5, 5.41) is 5.24. The van der Waals surface area contributed by atoms with Crippen LogP contribution in [0.2, 0.25) is 0 Å². The molecule has 1 aromatic carbocycles. The number of carbonyl (C=O) groups is 4. The number of primary amides is 1. The van der Waals surface area contributed by atoms with E-state index in [1.165, 1.54) is 4.90 Å². The Hall–Kier alpha value is -2.98. The smallest absolute Gasteiger partial charge is 0.246 e. The lowest BCUT2D eigenvalue weighted by atomic mass is 10.0. The molecule has 188 valence electrons. The summed E-state index contributed by atoms with van der Waals surface area (Å²) in [6.45, 7) is 7.38. The van der Waals surface area contributed by atoms with Crippen LogP contribution in [0.5, 0.6) is 0 Å². The number of hydrogen-bond donors (Lipinski definition) is 4. The molecule has 0 aliphatic carbocycles. The van der Waals surface area contributed by atoms with E-state index in [0.29, 0.717) is 19.4 Å². The minimum Gasteiger partial charge on any atom is -0.371 e. The molecule has 6 N–H and O–H groups in total. The molecule has 1 saturated heterocycles. The number of nitrogens with zero attached hydrogens (tertiary/aromatic N) is 1. The van der Waals surface area contributed by atoms with Gasteiger partial charge in [0.2, 0.25) is 23.6 Å². The van der Waals surface area contributed by atoms with Crippen LogP contribution >= 0.6 is 0 Å². The van der Waals surface area contributed by atoms with Gasteiger partial charge in [-0.3, -0.25) is 19.2 Å². The highest BCUT2D eigenvalue weighted by Crippen LogP contribution is 2.20. The van der Waals surface area contributed by atoms with E-state index in [0.717, 1.165) is 5.56 Å². The lowest BCUT2D eigenvalue weighted by Gasteiger charge is -2.31. The predicted molar refractivity (Wildman–Crippen MR) is 127 cm³/mol. The molecule has 1 fully saturated rings. The summed E-state index contributed by atoms with van der Waals surface area (Å²) in [4.78, 5) is 51.5. The summed E-state index contributed by atoms with van der Waals surface area (Å²) < 4.78 is 5.80. The van der Waals surface area contributed by atoms with Gasteiger partial charge in [-0.1, -0.05) is 30.3 Å². The maximum absolute atomic E-state index is 13.5. The highest BCUT2D eigenvalue weighted by atomic mass is 16.5. The van der Waals surface area contributed by atoms with E-state index in [4.69, 9.17) is 16.2 Å². The molecule has 2 rings (SSSR count). The fraction of sp³-hybridized carbons (Fsp3) is 0.583. The zero-order valence-electron chi connectivity index (χ0n) is 20.4. The summed E-state index contributed by atoms with van der Waals surface area (Å²) in [7, 11) is 0. The van der Waals surface area contributed by atoms with Crippen molar-refractivity contribution in [3.8, 4) is 0 Å². The molecule has 1 aliphatic rings. The maximum Gasteiger partial charge on any atom is 0.246 e. The number of amides is 4. The summed E-state index contributed by atoms with van der Waals surface area (Å²) in [5.41, 5.74) is 11.6. The molecule has 0 spiro atoms. The third-order valence-electron chi connectivity index (χ3n) is 5.52. The first-order chi connectivity index (χ1) is 15.9. The lowest BCUT2D eigenvalue weighted by Crippen LogP contribution is -2.58. The fourth-order valence-corrected chi connectivity index (χ4v) is 3.96. The first-order valence-electron chi connectivity index (χ1n) is 11.5. The van der Waals surface area contributed by atoms with Gasteiger partial charge < -0.3 is 31.7 Å². The second-order valence-corrected chi connectivity index (χ2v) is 9.59. The third-order valence-corrected chi connectivity index (χ3v) is 5.52. The quantitative estimate of drug-likeness (QED) is 0.368.